The van der Waals surface area contributed by atoms with Crippen molar-refractivity contribution in [1.82, 2.24) is 10.2 Å². The molecule has 1 N–H and O–H groups in total. The van der Waals surface area contributed by atoms with Gasteiger partial charge in [-0.1, -0.05) is 27.7 Å². The molecule has 16 heavy (non-hydrogen) atoms. The van der Waals surface area contributed by atoms with Crippen LogP contribution in [0.25, 0.3) is 0 Å². The van der Waals surface area contributed by atoms with Crippen molar-refractivity contribution in [3.63, 3.8) is 0 Å². The first-order chi connectivity index (χ1) is 7.52. The Morgan fingerprint density at radius 1 is 1.00 bits per heavy atom. The van der Waals surface area contributed by atoms with E-state index in [0.29, 0.717) is 12.1 Å². The molecule has 0 fully saturated rings. The molecular weight excluding hydrogens is 196 g/mol. The Labute approximate surface area is 103 Å². The molecule has 2 heteroatoms. The lowest BCUT2D eigenvalue weighted by atomic mass is 10.1. The maximum Gasteiger partial charge on any atom is 0.00701 e. The van der Waals surface area contributed by atoms with Crippen LogP contribution in [0.5, 0.6) is 0 Å². The predicted molar refractivity (Wildman–Crippen MR) is 74.0 cm³/mol. The maximum atomic E-state index is 3.48. The van der Waals surface area contributed by atoms with Gasteiger partial charge in [-0.25, -0.2) is 0 Å². The van der Waals surface area contributed by atoms with Crippen molar-refractivity contribution in [3.05, 3.63) is 0 Å². The fourth-order valence-corrected chi connectivity index (χ4v) is 2.25. The van der Waals surface area contributed by atoms with E-state index in [4.69, 9.17) is 0 Å². The SMILES string of the molecule is CCC(C)N(CC)C(C)CCCNC(C)C. The number of hydrogen-bond donors (Lipinski definition) is 1. The van der Waals surface area contributed by atoms with E-state index in [1.165, 1.54) is 25.8 Å². The van der Waals surface area contributed by atoms with Crippen molar-refractivity contribution < 1.29 is 0 Å². The third-order valence-electron chi connectivity index (χ3n) is 3.44. The third-order valence-corrected chi connectivity index (χ3v) is 3.44. The zero-order valence-corrected chi connectivity index (χ0v) is 12.2. The fraction of sp³-hybridized carbons (Fsp3) is 1.00. The summed E-state index contributed by atoms with van der Waals surface area (Å²) < 4.78 is 0. The lowest BCUT2D eigenvalue weighted by Crippen LogP contribution is -2.40. The second kappa shape index (κ2) is 9.00. The average Bonchev–Trinajstić information content (AvgIpc) is 2.24. The molecule has 0 aromatic heterocycles. The quantitative estimate of drug-likeness (QED) is 0.609. The van der Waals surface area contributed by atoms with Crippen LogP contribution in [0.1, 0.15) is 60.8 Å². The highest BCUT2D eigenvalue weighted by molar-refractivity contribution is 4.72. The van der Waals surface area contributed by atoms with E-state index in [0.717, 1.165) is 12.6 Å². The normalized spacial score (nSPS) is 15.8. The Morgan fingerprint density at radius 2 is 1.62 bits per heavy atom. The molecule has 0 saturated carbocycles. The zero-order chi connectivity index (χ0) is 12.6. The van der Waals surface area contributed by atoms with Gasteiger partial charge in [0.15, 0.2) is 0 Å². The minimum Gasteiger partial charge on any atom is -0.315 e. The van der Waals surface area contributed by atoms with E-state index >= 15 is 0 Å². The van der Waals surface area contributed by atoms with E-state index in [9.17, 15) is 0 Å². The largest absolute Gasteiger partial charge is 0.315 e. The molecule has 0 saturated heterocycles. The van der Waals surface area contributed by atoms with Gasteiger partial charge in [-0.2, -0.15) is 0 Å². The summed E-state index contributed by atoms with van der Waals surface area (Å²) >= 11 is 0. The van der Waals surface area contributed by atoms with Crippen LogP contribution in [0.15, 0.2) is 0 Å². The highest BCUT2D eigenvalue weighted by atomic mass is 15.2. The van der Waals surface area contributed by atoms with Crippen LogP contribution in [0.4, 0.5) is 0 Å². The van der Waals surface area contributed by atoms with Crippen LogP contribution in [-0.2, 0) is 0 Å². The van der Waals surface area contributed by atoms with Crippen molar-refractivity contribution in [1.29, 1.82) is 0 Å². The molecule has 0 rings (SSSR count). The van der Waals surface area contributed by atoms with Gasteiger partial charge in [-0.3, -0.25) is 4.90 Å². The summed E-state index contributed by atoms with van der Waals surface area (Å²) in [5, 5.41) is 3.48. The van der Waals surface area contributed by atoms with Gasteiger partial charge in [0, 0.05) is 18.1 Å². The van der Waals surface area contributed by atoms with Gasteiger partial charge in [0.25, 0.3) is 0 Å². The first-order valence-electron chi connectivity index (χ1n) is 7.01. The summed E-state index contributed by atoms with van der Waals surface area (Å²) in [7, 11) is 0. The van der Waals surface area contributed by atoms with Crippen LogP contribution in [0.3, 0.4) is 0 Å². The molecule has 0 radical (unpaired) electrons. The van der Waals surface area contributed by atoms with Crippen LogP contribution in [0.2, 0.25) is 0 Å². The highest BCUT2D eigenvalue weighted by Crippen LogP contribution is 2.12. The van der Waals surface area contributed by atoms with Gasteiger partial charge >= 0.3 is 0 Å². The molecule has 0 aliphatic heterocycles. The van der Waals surface area contributed by atoms with Crippen molar-refractivity contribution in [2.45, 2.75) is 78.9 Å². The molecule has 0 aliphatic carbocycles. The lowest BCUT2D eigenvalue weighted by Gasteiger charge is -2.33. The Balaban J connectivity index is 3.79. The van der Waals surface area contributed by atoms with Crippen molar-refractivity contribution in [3.8, 4) is 0 Å². The molecule has 0 aliphatic rings. The van der Waals surface area contributed by atoms with Crippen LogP contribution in [-0.4, -0.2) is 36.1 Å². The molecule has 0 bridgehead atoms. The molecule has 2 nitrogen and oxygen atoms in total. The zero-order valence-electron chi connectivity index (χ0n) is 12.2. The molecule has 0 aromatic rings. The highest BCUT2D eigenvalue weighted by Gasteiger charge is 2.16. The van der Waals surface area contributed by atoms with Gasteiger partial charge in [0.05, 0.1) is 0 Å². The van der Waals surface area contributed by atoms with Crippen molar-refractivity contribution in [2.24, 2.45) is 0 Å². The Morgan fingerprint density at radius 3 is 2.06 bits per heavy atom. The molecule has 0 aromatic carbocycles. The summed E-state index contributed by atoms with van der Waals surface area (Å²) in [5.74, 6) is 0. The Bertz CT molecular complexity index is 157. The molecule has 0 spiro atoms. The number of hydrogen-bond acceptors (Lipinski definition) is 2. The Kier molecular flexibility index (Phi) is 8.96. The van der Waals surface area contributed by atoms with Crippen LogP contribution >= 0.6 is 0 Å². The van der Waals surface area contributed by atoms with Crippen molar-refractivity contribution in [2.75, 3.05) is 13.1 Å². The summed E-state index contributed by atoms with van der Waals surface area (Å²) in [4.78, 5) is 2.62. The summed E-state index contributed by atoms with van der Waals surface area (Å²) in [5.41, 5.74) is 0. The monoisotopic (exact) mass is 228 g/mol. The maximum absolute atomic E-state index is 3.48. The first kappa shape index (κ1) is 15.9. The van der Waals surface area contributed by atoms with Gasteiger partial charge < -0.3 is 5.32 Å². The summed E-state index contributed by atoms with van der Waals surface area (Å²) in [6, 6.07) is 2.05. The second-order valence-electron chi connectivity index (χ2n) is 5.19. The van der Waals surface area contributed by atoms with Crippen LogP contribution in [0, 0.1) is 0 Å². The molecule has 2 atom stereocenters. The van der Waals surface area contributed by atoms with Gasteiger partial charge in [0.2, 0.25) is 0 Å². The van der Waals surface area contributed by atoms with Gasteiger partial charge in [0.1, 0.15) is 0 Å². The number of rotatable bonds is 9. The summed E-state index contributed by atoms with van der Waals surface area (Å²) in [6.45, 7) is 16.0. The Hall–Kier alpha value is -0.0800. The molecule has 98 valence electrons. The molecular formula is C14H32N2. The molecule has 2 unspecified atom stereocenters. The van der Waals surface area contributed by atoms with E-state index in [-0.39, 0.29) is 0 Å². The minimum absolute atomic E-state index is 0.618. The smallest absolute Gasteiger partial charge is 0.00701 e. The predicted octanol–water partition coefficient (Wildman–Crippen LogP) is 3.27. The van der Waals surface area contributed by atoms with Gasteiger partial charge in [-0.05, 0) is 46.2 Å². The minimum atomic E-state index is 0.618. The van der Waals surface area contributed by atoms with E-state index in [2.05, 4.69) is 51.8 Å². The third kappa shape index (κ3) is 6.49. The molecule has 0 amide bonds. The second-order valence-corrected chi connectivity index (χ2v) is 5.19. The van der Waals surface area contributed by atoms with E-state index < -0.39 is 0 Å². The molecule has 0 heterocycles. The number of nitrogens with one attached hydrogen (secondary N) is 1. The van der Waals surface area contributed by atoms with Gasteiger partial charge in [-0.15, -0.1) is 0 Å². The van der Waals surface area contributed by atoms with E-state index in [1.54, 1.807) is 0 Å². The standard InChI is InChI=1S/C14H32N2/c1-7-13(5)16(8-2)14(6)10-9-11-15-12(3)4/h12-15H,7-11H2,1-6H3. The van der Waals surface area contributed by atoms with Crippen LogP contribution < -0.4 is 5.32 Å². The summed E-state index contributed by atoms with van der Waals surface area (Å²) in [6.07, 6.45) is 3.84. The number of nitrogens with zero attached hydrogens (tertiary/aromatic N) is 1. The first-order valence-corrected chi connectivity index (χ1v) is 7.01. The fourth-order valence-electron chi connectivity index (χ4n) is 2.25. The lowest BCUT2D eigenvalue weighted by molar-refractivity contribution is 0.149. The topological polar surface area (TPSA) is 15.3 Å². The van der Waals surface area contributed by atoms with E-state index in [1.807, 2.05) is 0 Å². The average molecular weight is 228 g/mol. The van der Waals surface area contributed by atoms with Crippen molar-refractivity contribution >= 4 is 0 Å².